The molecule has 3 amide bonds. The third-order valence-corrected chi connectivity index (χ3v) is 8.38. The first-order valence-corrected chi connectivity index (χ1v) is 12.6. The molecule has 0 bridgehead atoms. The van der Waals surface area contributed by atoms with Crippen LogP contribution in [0.25, 0.3) is 0 Å². The summed E-state index contributed by atoms with van der Waals surface area (Å²) in [6.45, 7) is 6.97. The molecule has 1 atom stereocenters. The second-order valence-corrected chi connectivity index (χ2v) is 10.6. The Bertz CT molecular complexity index is 904. The highest BCUT2D eigenvalue weighted by atomic mass is 32.2. The Kier molecular flexibility index (Phi) is 7.72. The molecule has 1 saturated heterocycles. The second-order valence-electron chi connectivity index (χ2n) is 8.68. The number of aryl methyl sites for hydroxylation is 2. The first-order chi connectivity index (χ1) is 14.7. The highest BCUT2D eigenvalue weighted by Gasteiger charge is 2.33. The zero-order chi connectivity index (χ0) is 22.6. The number of carbonyl (C=O) groups is 2. The van der Waals surface area contributed by atoms with E-state index in [1.54, 1.807) is 26.0 Å². The summed E-state index contributed by atoms with van der Waals surface area (Å²) in [7, 11) is -3.57. The van der Waals surface area contributed by atoms with Gasteiger partial charge < -0.3 is 5.32 Å². The molecule has 1 saturated carbocycles. The van der Waals surface area contributed by atoms with Crippen molar-refractivity contribution in [2.24, 2.45) is 0 Å². The van der Waals surface area contributed by atoms with Gasteiger partial charge in [0.25, 0.3) is 0 Å². The predicted octanol–water partition coefficient (Wildman–Crippen LogP) is 2.16. The molecule has 0 radical (unpaired) electrons. The van der Waals surface area contributed by atoms with Crippen molar-refractivity contribution in [3.63, 3.8) is 0 Å². The van der Waals surface area contributed by atoms with Crippen molar-refractivity contribution < 1.29 is 18.0 Å². The summed E-state index contributed by atoms with van der Waals surface area (Å²) < 4.78 is 27.6. The maximum absolute atomic E-state index is 13.0. The Morgan fingerprint density at radius 1 is 1.03 bits per heavy atom. The fourth-order valence-corrected chi connectivity index (χ4v) is 6.04. The van der Waals surface area contributed by atoms with Gasteiger partial charge in [0.05, 0.1) is 10.9 Å². The minimum atomic E-state index is -3.57. The van der Waals surface area contributed by atoms with Crippen LogP contribution in [0, 0.1) is 13.8 Å². The van der Waals surface area contributed by atoms with Gasteiger partial charge >= 0.3 is 6.03 Å². The molecular weight excluding hydrogens is 416 g/mol. The highest BCUT2D eigenvalue weighted by Crippen LogP contribution is 2.22. The zero-order valence-electron chi connectivity index (χ0n) is 18.7. The molecule has 9 heteroatoms. The molecule has 3 rings (SSSR count). The summed E-state index contributed by atoms with van der Waals surface area (Å²) in [5.74, 6) is -0.362. The minimum Gasteiger partial charge on any atom is -0.335 e. The molecule has 1 unspecified atom stereocenters. The van der Waals surface area contributed by atoms with Gasteiger partial charge in [0.1, 0.15) is 0 Å². The van der Waals surface area contributed by atoms with Crippen molar-refractivity contribution in [1.82, 2.24) is 19.8 Å². The zero-order valence-corrected chi connectivity index (χ0v) is 19.5. The number of amides is 3. The monoisotopic (exact) mass is 450 g/mol. The molecule has 172 valence electrons. The summed E-state index contributed by atoms with van der Waals surface area (Å²) in [6, 6.07) is 4.51. The van der Waals surface area contributed by atoms with Crippen molar-refractivity contribution in [1.29, 1.82) is 0 Å². The third-order valence-electron chi connectivity index (χ3n) is 6.33. The summed E-state index contributed by atoms with van der Waals surface area (Å²) in [5, 5.41) is 5.33. The van der Waals surface area contributed by atoms with E-state index in [-0.39, 0.29) is 11.9 Å². The lowest BCUT2D eigenvalue weighted by molar-refractivity contribution is -0.125. The number of urea groups is 1. The Morgan fingerprint density at radius 2 is 1.68 bits per heavy atom. The van der Waals surface area contributed by atoms with E-state index in [2.05, 4.69) is 10.6 Å². The summed E-state index contributed by atoms with van der Waals surface area (Å²) in [4.78, 5) is 26.9. The number of sulfonamides is 1. The van der Waals surface area contributed by atoms with Gasteiger partial charge in [-0.05, 0) is 45.2 Å². The largest absolute Gasteiger partial charge is 0.335 e. The lowest BCUT2D eigenvalue weighted by Crippen LogP contribution is -2.56. The van der Waals surface area contributed by atoms with E-state index in [0.717, 1.165) is 36.8 Å². The standard InChI is InChI=1S/C22H34N4O4S/c1-16-9-10-20(17(2)15-16)31(29,30)26-13-11-25(12-14-26)18(3)21(27)24-22(28)23-19-7-5-4-6-8-19/h9-10,15,18-19H,4-8,11-14H2,1-3H3,(H2,23,24,27,28). The molecule has 1 heterocycles. The number of nitrogens with zero attached hydrogens (tertiary/aromatic N) is 2. The third kappa shape index (κ3) is 5.84. The molecule has 2 N–H and O–H groups in total. The van der Waals surface area contributed by atoms with Crippen LogP contribution in [0.4, 0.5) is 4.79 Å². The van der Waals surface area contributed by atoms with E-state index in [4.69, 9.17) is 0 Å². The van der Waals surface area contributed by atoms with Gasteiger partial charge in [0.15, 0.2) is 0 Å². The average Bonchev–Trinajstić information content (AvgIpc) is 2.73. The van der Waals surface area contributed by atoms with Crippen molar-refractivity contribution >= 4 is 22.0 Å². The lowest BCUT2D eigenvalue weighted by atomic mass is 9.96. The van der Waals surface area contributed by atoms with Crippen LogP contribution in [0.15, 0.2) is 23.1 Å². The fourth-order valence-electron chi connectivity index (χ4n) is 4.41. The quantitative estimate of drug-likeness (QED) is 0.716. The molecule has 31 heavy (non-hydrogen) atoms. The van der Waals surface area contributed by atoms with E-state index < -0.39 is 22.1 Å². The summed E-state index contributed by atoms with van der Waals surface area (Å²) >= 11 is 0. The van der Waals surface area contributed by atoms with Crippen molar-refractivity contribution in [2.45, 2.75) is 69.9 Å². The van der Waals surface area contributed by atoms with Gasteiger partial charge in [-0.25, -0.2) is 13.2 Å². The molecule has 1 aromatic rings. The number of benzene rings is 1. The number of hydrogen-bond acceptors (Lipinski definition) is 5. The number of hydrogen-bond donors (Lipinski definition) is 2. The van der Waals surface area contributed by atoms with Crippen molar-refractivity contribution in [2.75, 3.05) is 26.2 Å². The Morgan fingerprint density at radius 3 is 2.29 bits per heavy atom. The first-order valence-electron chi connectivity index (χ1n) is 11.1. The van der Waals surface area contributed by atoms with Crippen LogP contribution >= 0.6 is 0 Å². The Balaban J connectivity index is 1.52. The lowest BCUT2D eigenvalue weighted by Gasteiger charge is -2.36. The molecule has 0 aromatic heterocycles. The van der Waals surface area contributed by atoms with Crippen molar-refractivity contribution in [3.8, 4) is 0 Å². The van der Waals surface area contributed by atoms with Crippen LogP contribution in [0.1, 0.15) is 50.2 Å². The van der Waals surface area contributed by atoms with E-state index in [9.17, 15) is 18.0 Å². The first kappa shape index (κ1) is 23.7. The number of rotatable bonds is 5. The van der Waals surface area contributed by atoms with Crippen LogP contribution < -0.4 is 10.6 Å². The fraction of sp³-hybridized carbons (Fsp3) is 0.636. The van der Waals surface area contributed by atoms with Crippen molar-refractivity contribution in [3.05, 3.63) is 29.3 Å². The van der Waals surface area contributed by atoms with E-state index >= 15 is 0 Å². The molecule has 1 aliphatic carbocycles. The minimum absolute atomic E-state index is 0.135. The SMILES string of the molecule is Cc1ccc(S(=O)(=O)N2CCN(C(C)C(=O)NC(=O)NC3CCCCC3)CC2)c(C)c1. The van der Waals surface area contributed by atoms with E-state index in [0.29, 0.717) is 31.1 Å². The normalized spacial score (nSPS) is 20.2. The number of piperazine rings is 1. The maximum Gasteiger partial charge on any atom is 0.321 e. The second kappa shape index (κ2) is 10.1. The number of imide groups is 1. The van der Waals surface area contributed by atoms with E-state index in [1.165, 1.54) is 10.7 Å². The summed E-state index contributed by atoms with van der Waals surface area (Å²) in [6.07, 6.45) is 5.30. The summed E-state index contributed by atoms with van der Waals surface area (Å²) in [5.41, 5.74) is 1.76. The van der Waals surface area contributed by atoms with Crippen LogP contribution in [0.3, 0.4) is 0 Å². The molecular formula is C22H34N4O4S. The molecule has 2 fully saturated rings. The molecule has 0 spiro atoms. The van der Waals surface area contributed by atoms with Crippen LogP contribution in [-0.4, -0.2) is 67.8 Å². The Labute approximate surface area is 185 Å². The van der Waals surface area contributed by atoms with Gasteiger partial charge in [-0.2, -0.15) is 4.31 Å². The number of nitrogens with one attached hydrogen (secondary N) is 2. The van der Waals surface area contributed by atoms with Gasteiger partial charge in [-0.1, -0.05) is 37.0 Å². The predicted molar refractivity (Wildman–Crippen MR) is 119 cm³/mol. The molecule has 8 nitrogen and oxygen atoms in total. The maximum atomic E-state index is 13.0. The van der Waals surface area contributed by atoms with Gasteiger partial charge in [-0.15, -0.1) is 0 Å². The van der Waals surface area contributed by atoms with E-state index in [1.807, 2.05) is 17.9 Å². The van der Waals surface area contributed by atoms with Gasteiger partial charge in [-0.3, -0.25) is 15.0 Å². The van der Waals surface area contributed by atoms with Gasteiger partial charge in [0.2, 0.25) is 15.9 Å². The molecule has 1 aromatic carbocycles. The molecule has 1 aliphatic heterocycles. The topological polar surface area (TPSA) is 98.8 Å². The van der Waals surface area contributed by atoms with Gasteiger partial charge in [0, 0.05) is 32.2 Å². The Hall–Kier alpha value is -1.97. The molecule has 2 aliphatic rings. The highest BCUT2D eigenvalue weighted by molar-refractivity contribution is 7.89. The smallest absolute Gasteiger partial charge is 0.321 e. The van der Waals surface area contributed by atoms with Crippen LogP contribution in [-0.2, 0) is 14.8 Å². The number of carbonyl (C=O) groups excluding carboxylic acids is 2. The average molecular weight is 451 g/mol. The van der Waals surface area contributed by atoms with Crippen LogP contribution in [0.5, 0.6) is 0 Å². The van der Waals surface area contributed by atoms with Crippen LogP contribution in [0.2, 0.25) is 0 Å².